The molecule has 0 aromatic rings. The van der Waals surface area contributed by atoms with Crippen molar-refractivity contribution >= 4 is 11.9 Å². The Morgan fingerprint density at radius 3 is 1.40 bits per heavy atom. The molecule has 83 heavy (non-hydrogen) atoms. The van der Waals surface area contributed by atoms with Gasteiger partial charge in [0, 0.05) is 0 Å². The molecule has 26 heteroatoms. The summed E-state index contributed by atoms with van der Waals surface area (Å²) in [5.74, 6) is -2.48. The number of carbonyl (C=O) groups excluding carboxylic acids is 1. The van der Waals surface area contributed by atoms with Gasteiger partial charge in [-0.05, 0) is 12.8 Å². The summed E-state index contributed by atoms with van der Waals surface area (Å²) in [5.41, 5.74) is 6.19. The standard InChI is InChI=1S/C57H106N2O24/c1-3-5-7-9-11-13-15-16-18-19-21-23-25-27-34(62)33(59-52(73)35(63)28-26-24-22-20-17-14-12-10-8-6-4-2)31-76-55-48(72)46(70)49(51(83-55)53(74)75)81-54-39(58)43(67)42(66)38(80-54)32-77-57-50(45(69)41(65)37(30-61)79-57)82-56-47(71)44(68)40(64)36(29-60)78-56/h33-51,54-57,60-72H,3-32,58H2,1-2H3,(H,59,73)(H,74,75)/t33-,34+,35-,36+,37+,38+,39+,40+,41-,42+,43+,44-,45-,46+,47-,48+,49-,50+,51-,54+,55-,56+,57-/m0/s1. The van der Waals surface area contributed by atoms with E-state index in [9.17, 15) is 81.1 Å². The first-order chi connectivity index (χ1) is 39.8. The Hall–Kier alpha value is -1.94. The summed E-state index contributed by atoms with van der Waals surface area (Å²) in [6.07, 6.45) is -11.3. The number of unbranched alkanes of at least 4 members (excludes halogenated alkanes) is 22. The van der Waals surface area contributed by atoms with Crippen LogP contribution < -0.4 is 11.1 Å². The molecule has 4 fully saturated rings. The predicted octanol–water partition coefficient (Wildman–Crippen LogP) is -0.277. The van der Waals surface area contributed by atoms with Gasteiger partial charge in [0.2, 0.25) is 5.91 Å². The third-order valence-electron chi connectivity index (χ3n) is 16.4. The van der Waals surface area contributed by atoms with Gasteiger partial charge in [0.25, 0.3) is 0 Å². The quantitative estimate of drug-likeness (QED) is 0.0350. The number of carboxylic acids is 1. The fourth-order valence-electron chi connectivity index (χ4n) is 11.0. The third kappa shape index (κ3) is 23.5. The molecule has 0 spiro atoms. The number of amides is 1. The molecule has 4 aliphatic heterocycles. The topological polar surface area (TPSA) is 429 Å². The van der Waals surface area contributed by atoms with Crippen LogP contribution in [0.25, 0.3) is 0 Å². The van der Waals surface area contributed by atoms with Gasteiger partial charge < -0.3 is 120 Å². The fourth-order valence-corrected chi connectivity index (χ4v) is 11.0. The zero-order valence-electron chi connectivity index (χ0n) is 48.9. The molecule has 26 nitrogen and oxygen atoms in total. The van der Waals surface area contributed by atoms with Gasteiger partial charge in [0.15, 0.2) is 31.3 Å². The van der Waals surface area contributed by atoms with Gasteiger partial charge in [-0.1, -0.05) is 168 Å². The molecule has 4 rings (SSSR count). The molecule has 0 aliphatic carbocycles. The van der Waals surface area contributed by atoms with E-state index < -0.39 is 179 Å². The molecule has 0 radical (unpaired) electrons. The first-order valence-corrected chi connectivity index (χ1v) is 31.0. The van der Waals surface area contributed by atoms with E-state index in [1.54, 1.807) is 0 Å². The Bertz CT molecular complexity index is 1730. The molecular weight excluding hydrogens is 1100 g/mol. The first kappa shape index (κ1) is 73.5. The monoisotopic (exact) mass is 1200 g/mol. The maximum absolute atomic E-state index is 13.4. The number of ether oxygens (including phenoxy) is 8. The molecule has 23 atom stereocenters. The van der Waals surface area contributed by atoms with Crippen molar-refractivity contribution in [3.63, 3.8) is 0 Å². The van der Waals surface area contributed by atoms with Gasteiger partial charge in [-0.3, -0.25) is 4.79 Å². The van der Waals surface area contributed by atoms with Gasteiger partial charge in [-0.2, -0.15) is 0 Å². The van der Waals surface area contributed by atoms with Crippen molar-refractivity contribution in [3.8, 4) is 0 Å². The van der Waals surface area contributed by atoms with Gasteiger partial charge in [0.1, 0.15) is 91.6 Å². The number of carbonyl (C=O) groups is 2. The summed E-state index contributed by atoms with van der Waals surface area (Å²) in [6, 6.07) is -2.84. The van der Waals surface area contributed by atoms with Crippen LogP contribution in [0.3, 0.4) is 0 Å². The smallest absolute Gasteiger partial charge is 0.335 e. The normalized spacial score (nSPS) is 35.2. The highest BCUT2D eigenvalue weighted by Gasteiger charge is 2.55. The molecule has 1 amide bonds. The number of nitrogens with one attached hydrogen (secondary N) is 1. The van der Waals surface area contributed by atoms with Crippen LogP contribution in [0.5, 0.6) is 0 Å². The number of aliphatic carboxylic acids is 1. The summed E-state index contributed by atoms with van der Waals surface area (Å²) < 4.78 is 45.6. The van der Waals surface area contributed by atoms with Gasteiger partial charge >= 0.3 is 5.97 Å². The number of hydrogen-bond acceptors (Lipinski definition) is 24. The molecule has 4 saturated heterocycles. The van der Waals surface area contributed by atoms with Crippen LogP contribution in [-0.2, 0) is 47.5 Å². The lowest BCUT2D eigenvalue weighted by molar-refractivity contribution is -0.373. The Labute approximate surface area is 488 Å². The minimum absolute atomic E-state index is 0.181. The van der Waals surface area contributed by atoms with Crippen LogP contribution >= 0.6 is 0 Å². The van der Waals surface area contributed by atoms with Gasteiger partial charge in [-0.15, -0.1) is 0 Å². The highest BCUT2D eigenvalue weighted by molar-refractivity contribution is 5.80. The zero-order valence-corrected chi connectivity index (χ0v) is 48.9. The Morgan fingerprint density at radius 2 is 0.892 bits per heavy atom. The largest absolute Gasteiger partial charge is 0.479 e. The molecule has 0 aromatic heterocycles. The van der Waals surface area contributed by atoms with E-state index in [2.05, 4.69) is 19.2 Å². The molecule has 0 bridgehead atoms. The average molecular weight is 1200 g/mol. The Balaban J connectivity index is 1.38. The molecule has 0 aromatic carbocycles. The second-order valence-corrected chi connectivity index (χ2v) is 23.2. The summed E-state index contributed by atoms with van der Waals surface area (Å²) >= 11 is 0. The van der Waals surface area contributed by atoms with Crippen LogP contribution in [-0.4, -0.2) is 251 Å². The van der Waals surface area contributed by atoms with Crippen LogP contribution in [0.1, 0.15) is 181 Å². The minimum Gasteiger partial charge on any atom is -0.479 e. The number of carboxylic acid groups (broad SMARTS) is 1. The number of aliphatic hydroxyl groups excluding tert-OH is 13. The second kappa shape index (κ2) is 39.8. The SMILES string of the molecule is CCCCCCCCCCCCCCC[C@@H](O)[C@H](CO[C@H]1O[C@H](C(=O)O)[C@@H](O[C@H]2O[C@H](CO[C@H]3O[C@H](CO)[C@H](O)[C@H](O)[C@H]3O[C@H]3O[C@H](CO)[C@@H](O)[C@H](O)[C@@H]3O)[C@@H](O)[C@H](O)[C@H]2N)[C@H](O)[C@H]1O)NC(=O)[C@@H](O)CCCCCCCCCCCCC. The van der Waals surface area contributed by atoms with Crippen molar-refractivity contribution in [3.05, 3.63) is 0 Å². The summed E-state index contributed by atoms with van der Waals surface area (Å²) in [6.45, 7) is 1.33. The number of rotatable bonds is 42. The van der Waals surface area contributed by atoms with E-state index in [0.717, 1.165) is 51.4 Å². The molecule has 0 saturated carbocycles. The van der Waals surface area contributed by atoms with Crippen LogP contribution in [0.15, 0.2) is 0 Å². The van der Waals surface area contributed by atoms with Crippen LogP contribution in [0.2, 0.25) is 0 Å². The van der Waals surface area contributed by atoms with Crippen molar-refractivity contribution in [2.45, 2.75) is 322 Å². The lowest BCUT2D eigenvalue weighted by Crippen LogP contribution is -2.67. The van der Waals surface area contributed by atoms with E-state index in [1.165, 1.54) is 89.9 Å². The van der Waals surface area contributed by atoms with Crippen molar-refractivity contribution < 1.29 is 119 Å². The molecule has 0 unspecified atom stereocenters. The Kier molecular flexibility index (Phi) is 35.3. The number of aliphatic hydroxyl groups is 13. The number of nitrogens with two attached hydrogens (primary N) is 1. The lowest BCUT2D eigenvalue weighted by Gasteiger charge is -2.47. The summed E-state index contributed by atoms with van der Waals surface area (Å²) in [4.78, 5) is 26.2. The van der Waals surface area contributed by atoms with Crippen molar-refractivity contribution in [2.75, 3.05) is 26.4 Å². The van der Waals surface area contributed by atoms with Crippen molar-refractivity contribution in [2.24, 2.45) is 5.73 Å². The minimum atomic E-state index is -2.14. The van der Waals surface area contributed by atoms with Crippen molar-refractivity contribution in [1.29, 1.82) is 0 Å². The van der Waals surface area contributed by atoms with E-state index >= 15 is 0 Å². The van der Waals surface area contributed by atoms with E-state index in [4.69, 9.17) is 43.6 Å². The Morgan fingerprint density at radius 1 is 0.470 bits per heavy atom. The fraction of sp³-hybridized carbons (Fsp3) is 0.965. The second-order valence-electron chi connectivity index (χ2n) is 23.2. The van der Waals surface area contributed by atoms with Gasteiger partial charge in [0.05, 0.1) is 44.6 Å². The maximum atomic E-state index is 13.4. The first-order valence-electron chi connectivity index (χ1n) is 31.0. The third-order valence-corrected chi connectivity index (χ3v) is 16.4. The molecule has 4 heterocycles. The molecule has 488 valence electrons. The molecule has 4 aliphatic rings. The van der Waals surface area contributed by atoms with Gasteiger partial charge in [-0.25, -0.2) is 4.79 Å². The zero-order chi connectivity index (χ0) is 61.0. The highest BCUT2D eigenvalue weighted by atomic mass is 16.8. The van der Waals surface area contributed by atoms with E-state index in [-0.39, 0.29) is 12.8 Å². The highest BCUT2D eigenvalue weighted by Crippen LogP contribution is 2.33. The predicted molar refractivity (Wildman–Crippen MR) is 295 cm³/mol. The maximum Gasteiger partial charge on any atom is 0.335 e. The average Bonchev–Trinajstić information content (AvgIpc) is 3.67. The van der Waals surface area contributed by atoms with Crippen LogP contribution in [0, 0.1) is 0 Å². The number of hydrogen-bond donors (Lipinski definition) is 16. The lowest BCUT2D eigenvalue weighted by atomic mass is 9.95. The molecular formula is C57H106N2O24. The molecule has 17 N–H and O–H groups in total. The van der Waals surface area contributed by atoms with Crippen molar-refractivity contribution in [1.82, 2.24) is 5.32 Å². The van der Waals surface area contributed by atoms with Crippen LogP contribution in [0.4, 0.5) is 0 Å². The summed E-state index contributed by atoms with van der Waals surface area (Å²) in [7, 11) is 0. The van der Waals surface area contributed by atoms with E-state index in [0.29, 0.717) is 12.8 Å². The van der Waals surface area contributed by atoms with E-state index in [1.807, 2.05) is 0 Å². The summed E-state index contributed by atoms with van der Waals surface area (Å²) in [5, 5.41) is 153.